The lowest BCUT2D eigenvalue weighted by molar-refractivity contribution is 0.0697. The van der Waals surface area contributed by atoms with Gasteiger partial charge in [0.05, 0.1) is 12.7 Å². The number of carbonyl (C=O) groups is 1. The Morgan fingerprint density at radius 3 is 2.32 bits per heavy atom. The molecule has 1 N–H and O–H groups in total. The van der Waals surface area contributed by atoms with E-state index in [9.17, 15) is 9.90 Å². The number of ether oxygens (including phenoxy) is 1. The number of nitrogens with zero attached hydrogens (tertiary/aromatic N) is 1. The molecule has 0 saturated heterocycles. The molecule has 0 radical (unpaired) electrons. The molecule has 0 aliphatic heterocycles. The van der Waals surface area contributed by atoms with Crippen molar-refractivity contribution in [3.8, 4) is 28.1 Å². The zero-order valence-corrected chi connectivity index (χ0v) is 16.9. The van der Waals surface area contributed by atoms with Gasteiger partial charge in [-0.1, -0.05) is 43.7 Å². The lowest BCUT2D eigenvalue weighted by Crippen LogP contribution is -1.99. The monoisotopic (exact) mass is 375 g/mol. The molecular formula is C24H25NO3. The second kappa shape index (κ2) is 7.85. The maximum atomic E-state index is 11.2. The van der Waals surface area contributed by atoms with Crippen LogP contribution in [0, 0.1) is 13.8 Å². The van der Waals surface area contributed by atoms with Crippen LogP contribution < -0.4 is 4.74 Å². The quantitative estimate of drug-likeness (QED) is 0.606. The van der Waals surface area contributed by atoms with E-state index >= 15 is 0 Å². The van der Waals surface area contributed by atoms with Gasteiger partial charge in [-0.05, 0) is 60.2 Å². The summed E-state index contributed by atoms with van der Waals surface area (Å²) < 4.78 is 5.55. The van der Waals surface area contributed by atoms with Crippen molar-refractivity contribution < 1.29 is 14.6 Å². The van der Waals surface area contributed by atoms with Crippen molar-refractivity contribution in [2.24, 2.45) is 0 Å². The fourth-order valence-corrected chi connectivity index (χ4v) is 3.48. The second-order valence-electron chi connectivity index (χ2n) is 7.36. The van der Waals surface area contributed by atoms with Gasteiger partial charge in [0.1, 0.15) is 0 Å². The molecule has 0 saturated carbocycles. The number of carboxylic acids is 1. The Bertz CT molecular complexity index is 1040. The van der Waals surface area contributed by atoms with Crippen LogP contribution in [0.4, 0.5) is 0 Å². The number of methoxy groups -OCH3 is 1. The number of hydrogen-bond donors (Lipinski definition) is 1. The standard InChI is InChI=1S/C24H25NO3/c1-14(2)21-10-15(3)6-8-20(21)22-12-18(13-25-23(22)28-5)19-9-7-17(24(26)27)11-16(19)4/h6-14H,1-5H3,(H,26,27). The van der Waals surface area contributed by atoms with E-state index in [1.165, 1.54) is 11.1 Å². The molecule has 2 aromatic carbocycles. The summed E-state index contributed by atoms with van der Waals surface area (Å²) in [7, 11) is 1.63. The van der Waals surface area contributed by atoms with Crippen LogP contribution in [0.1, 0.15) is 46.8 Å². The SMILES string of the molecule is COc1ncc(-c2ccc(C(=O)O)cc2C)cc1-c1ccc(C)cc1C(C)C. The van der Waals surface area contributed by atoms with Crippen molar-refractivity contribution in [2.45, 2.75) is 33.6 Å². The highest BCUT2D eigenvalue weighted by atomic mass is 16.5. The molecule has 0 bridgehead atoms. The van der Waals surface area contributed by atoms with E-state index in [1.807, 2.05) is 13.0 Å². The van der Waals surface area contributed by atoms with Crippen LogP contribution >= 0.6 is 0 Å². The summed E-state index contributed by atoms with van der Waals surface area (Å²) >= 11 is 0. The molecular weight excluding hydrogens is 350 g/mol. The van der Waals surface area contributed by atoms with Crippen LogP contribution in [0.15, 0.2) is 48.7 Å². The molecule has 0 atom stereocenters. The zero-order chi connectivity index (χ0) is 20.4. The molecule has 0 aliphatic rings. The average Bonchev–Trinajstić information content (AvgIpc) is 2.67. The van der Waals surface area contributed by atoms with Gasteiger partial charge in [0.25, 0.3) is 0 Å². The molecule has 4 heteroatoms. The normalized spacial score (nSPS) is 10.9. The lowest BCUT2D eigenvalue weighted by Gasteiger charge is -2.17. The second-order valence-corrected chi connectivity index (χ2v) is 7.36. The Labute approximate surface area is 165 Å². The summed E-state index contributed by atoms with van der Waals surface area (Å²) in [6.07, 6.45) is 1.77. The van der Waals surface area contributed by atoms with Crippen molar-refractivity contribution in [1.29, 1.82) is 0 Å². The van der Waals surface area contributed by atoms with Crippen molar-refractivity contribution in [1.82, 2.24) is 4.98 Å². The number of hydrogen-bond acceptors (Lipinski definition) is 3. The number of aromatic nitrogens is 1. The van der Waals surface area contributed by atoms with E-state index < -0.39 is 5.97 Å². The molecule has 4 nitrogen and oxygen atoms in total. The maximum absolute atomic E-state index is 11.2. The molecule has 1 aromatic heterocycles. The van der Waals surface area contributed by atoms with Crippen molar-refractivity contribution in [2.75, 3.05) is 7.11 Å². The third-order valence-corrected chi connectivity index (χ3v) is 4.95. The van der Waals surface area contributed by atoms with E-state index in [1.54, 1.807) is 25.4 Å². The molecule has 0 spiro atoms. The van der Waals surface area contributed by atoms with Gasteiger partial charge in [0, 0.05) is 17.3 Å². The minimum atomic E-state index is -0.926. The van der Waals surface area contributed by atoms with E-state index in [4.69, 9.17) is 4.74 Å². The Hall–Kier alpha value is -3.14. The Kier molecular flexibility index (Phi) is 5.50. The minimum absolute atomic E-state index is 0.281. The fourth-order valence-electron chi connectivity index (χ4n) is 3.48. The van der Waals surface area contributed by atoms with Gasteiger partial charge >= 0.3 is 5.97 Å². The summed E-state index contributed by atoms with van der Waals surface area (Å²) in [5.41, 5.74) is 7.57. The summed E-state index contributed by atoms with van der Waals surface area (Å²) in [4.78, 5) is 15.8. The first-order valence-corrected chi connectivity index (χ1v) is 9.31. The summed E-state index contributed by atoms with van der Waals surface area (Å²) in [5.74, 6) is 0.0126. The van der Waals surface area contributed by atoms with Crippen LogP contribution in [0.3, 0.4) is 0 Å². The van der Waals surface area contributed by atoms with Gasteiger partial charge < -0.3 is 9.84 Å². The maximum Gasteiger partial charge on any atom is 0.335 e. The largest absolute Gasteiger partial charge is 0.481 e. The Morgan fingerprint density at radius 1 is 1.00 bits per heavy atom. The number of aryl methyl sites for hydroxylation is 2. The first-order chi connectivity index (χ1) is 13.3. The molecule has 3 rings (SSSR count). The molecule has 28 heavy (non-hydrogen) atoms. The zero-order valence-electron chi connectivity index (χ0n) is 16.9. The number of benzene rings is 2. The van der Waals surface area contributed by atoms with Crippen LogP contribution in [-0.4, -0.2) is 23.2 Å². The third kappa shape index (κ3) is 3.77. The molecule has 0 fully saturated rings. The fraction of sp³-hybridized carbons (Fsp3) is 0.250. The van der Waals surface area contributed by atoms with Gasteiger partial charge in [-0.25, -0.2) is 9.78 Å². The Morgan fingerprint density at radius 2 is 1.71 bits per heavy atom. The number of rotatable bonds is 5. The number of carboxylic acid groups (broad SMARTS) is 1. The Balaban J connectivity index is 2.19. The first-order valence-electron chi connectivity index (χ1n) is 9.31. The van der Waals surface area contributed by atoms with E-state index in [-0.39, 0.29) is 5.56 Å². The molecule has 0 aliphatic carbocycles. The lowest BCUT2D eigenvalue weighted by atomic mass is 9.90. The van der Waals surface area contributed by atoms with Crippen molar-refractivity contribution in [3.63, 3.8) is 0 Å². The topological polar surface area (TPSA) is 59.4 Å². The predicted octanol–water partition coefficient (Wildman–Crippen LogP) is 5.86. The highest BCUT2D eigenvalue weighted by Crippen LogP contribution is 2.37. The smallest absolute Gasteiger partial charge is 0.335 e. The summed E-state index contributed by atoms with van der Waals surface area (Å²) in [6.45, 7) is 8.36. The number of aromatic carboxylic acids is 1. The van der Waals surface area contributed by atoms with E-state index in [0.717, 1.165) is 27.8 Å². The van der Waals surface area contributed by atoms with Crippen molar-refractivity contribution in [3.05, 3.63) is 70.9 Å². The van der Waals surface area contributed by atoms with E-state index in [2.05, 4.69) is 50.0 Å². The van der Waals surface area contributed by atoms with E-state index in [0.29, 0.717) is 11.8 Å². The van der Waals surface area contributed by atoms with Crippen molar-refractivity contribution >= 4 is 5.97 Å². The van der Waals surface area contributed by atoms with Gasteiger partial charge in [-0.3, -0.25) is 0 Å². The first kappa shape index (κ1) is 19.6. The highest BCUT2D eigenvalue weighted by Gasteiger charge is 2.16. The predicted molar refractivity (Wildman–Crippen MR) is 112 cm³/mol. The van der Waals surface area contributed by atoms with Gasteiger partial charge in [-0.2, -0.15) is 0 Å². The van der Waals surface area contributed by atoms with Crippen LogP contribution in [0.25, 0.3) is 22.3 Å². The summed E-state index contributed by atoms with van der Waals surface area (Å²) in [5, 5.41) is 9.21. The minimum Gasteiger partial charge on any atom is -0.481 e. The third-order valence-electron chi connectivity index (χ3n) is 4.95. The molecule has 3 aromatic rings. The van der Waals surface area contributed by atoms with Gasteiger partial charge in [0.2, 0.25) is 5.88 Å². The molecule has 144 valence electrons. The molecule has 0 unspecified atom stereocenters. The number of pyridine rings is 1. The van der Waals surface area contributed by atoms with Crippen LogP contribution in [-0.2, 0) is 0 Å². The van der Waals surface area contributed by atoms with Crippen LogP contribution in [0.5, 0.6) is 5.88 Å². The molecule has 0 amide bonds. The van der Waals surface area contributed by atoms with Gasteiger partial charge in [0.15, 0.2) is 0 Å². The highest BCUT2D eigenvalue weighted by molar-refractivity contribution is 5.89. The molecule has 1 heterocycles. The summed E-state index contributed by atoms with van der Waals surface area (Å²) in [6, 6.07) is 13.6. The van der Waals surface area contributed by atoms with Crippen LogP contribution in [0.2, 0.25) is 0 Å². The average molecular weight is 375 g/mol. The van der Waals surface area contributed by atoms with Gasteiger partial charge in [-0.15, -0.1) is 0 Å².